The van der Waals surface area contributed by atoms with Crippen molar-refractivity contribution < 1.29 is 19.4 Å². The van der Waals surface area contributed by atoms with Crippen LogP contribution >= 0.6 is 0 Å². The number of nitrogens with one attached hydrogen (secondary N) is 3. The van der Waals surface area contributed by atoms with Crippen LogP contribution in [-0.4, -0.2) is 67.5 Å². The zero-order valence-corrected chi connectivity index (χ0v) is 18.7. The molecular weight excluding hydrogens is 396 g/mol. The maximum Gasteiger partial charge on any atom is 0.290 e. The van der Waals surface area contributed by atoms with Gasteiger partial charge < -0.3 is 30.6 Å². The largest absolute Gasteiger partial charge is 0.483 e. The first-order valence-electron chi connectivity index (χ1n) is 10.9. The third-order valence-corrected chi connectivity index (χ3v) is 5.06. The molecule has 4 rings (SSSR count). The fourth-order valence-corrected chi connectivity index (χ4v) is 3.23. The van der Waals surface area contributed by atoms with Gasteiger partial charge in [0, 0.05) is 12.1 Å². The zero-order chi connectivity index (χ0) is 22.7. The molecule has 2 aromatic rings. The summed E-state index contributed by atoms with van der Waals surface area (Å²) in [6.07, 6.45) is 8.13. The molecule has 1 atom stereocenters. The molecule has 0 bridgehead atoms. The first kappa shape index (κ1) is 26.8. The standard InChI is InChI=1S/C10H9NO.C8H18N2.C4H9NO.CH2O2/c1-8-2-4-9(5-3-8)10-6-11-7-12-10;1-9-5-2-8-3-6-10-7-4-8;6-4-1-2-5-3-4;2-1-3/h2-7H,1H3;8-10H,2-7H2,1H3;4-6H,1-3H2;1H,(H,2,3). The summed E-state index contributed by atoms with van der Waals surface area (Å²) >= 11 is 0. The van der Waals surface area contributed by atoms with E-state index in [9.17, 15) is 0 Å². The molecule has 2 saturated heterocycles. The van der Waals surface area contributed by atoms with Crippen LogP contribution in [0.2, 0.25) is 0 Å². The van der Waals surface area contributed by atoms with Crippen molar-refractivity contribution in [3.63, 3.8) is 0 Å². The molecule has 0 radical (unpaired) electrons. The molecule has 2 fully saturated rings. The molecule has 5 N–H and O–H groups in total. The predicted molar refractivity (Wildman–Crippen MR) is 123 cm³/mol. The van der Waals surface area contributed by atoms with Crippen molar-refractivity contribution >= 4 is 6.47 Å². The summed E-state index contributed by atoms with van der Waals surface area (Å²) in [4.78, 5) is 12.2. The summed E-state index contributed by atoms with van der Waals surface area (Å²) in [5, 5.41) is 25.1. The molecule has 2 aliphatic rings. The molecule has 1 aromatic carbocycles. The van der Waals surface area contributed by atoms with Crippen LogP contribution in [-0.2, 0) is 4.79 Å². The Morgan fingerprint density at radius 3 is 2.26 bits per heavy atom. The molecule has 0 spiro atoms. The van der Waals surface area contributed by atoms with Crippen molar-refractivity contribution in [2.45, 2.75) is 38.7 Å². The van der Waals surface area contributed by atoms with Crippen LogP contribution in [0, 0.1) is 12.8 Å². The third kappa shape index (κ3) is 12.9. The topological polar surface area (TPSA) is 120 Å². The minimum absolute atomic E-state index is 0.0648. The van der Waals surface area contributed by atoms with Crippen LogP contribution in [0.25, 0.3) is 11.3 Å². The van der Waals surface area contributed by atoms with Gasteiger partial charge in [-0.15, -0.1) is 0 Å². The summed E-state index contributed by atoms with van der Waals surface area (Å²) < 4.78 is 5.15. The van der Waals surface area contributed by atoms with E-state index in [4.69, 9.17) is 19.4 Å². The van der Waals surface area contributed by atoms with Gasteiger partial charge in [-0.05, 0) is 71.8 Å². The van der Waals surface area contributed by atoms with Crippen LogP contribution in [0.3, 0.4) is 0 Å². The summed E-state index contributed by atoms with van der Waals surface area (Å²) in [5.74, 6) is 1.80. The lowest BCUT2D eigenvalue weighted by Gasteiger charge is -2.22. The Morgan fingerprint density at radius 1 is 1.16 bits per heavy atom. The Hall–Kier alpha value is -2.26. The Labute approximate surface area is 185 Å². The number of hydrogen-bond acceptors (Lipinski definition) is 7. The van der Waals surface area contributed by atoms with Gasteiger partial charge in [-0.2, -0.15) is 0 Å². The number of piperidine rings is 1. The molecule has 0 amide bonds. The van der Waals surface area contributed by atoms with Gasteiger partial charge in [-0.3, -0.25) is 4.79 Å². The number of aliphatic hydroxyl groups excluding tert-OH is 1. The van der Waals surface area contributed by atoms with Gasteiger partial charge in [-0.25, -0.2) is 4.98 Å². The normalized spacial score (nSPS) is 17.8. The van der Waals surface area contributed by atoms with Gasteiger partial charge in [0.2, 0.25) is 0 Å². The predicted octanol–water partition coefficient (Wildman–Crippen LogP) is 2.29. The minimum Gasteiger partial charge on any atom is -0.483 e. The van der Waals surface area contributed by atoms with E-state index in [2.05, 4.69) is 40.0 Å². The van der Waals surface area contributed by atoms with Crippen molar-refractivity contribution in [2.24, 2.45) is 5.92 Å². The summed E-state index contributed by atoms with van der Waals surface area (Å²) in [6, 6.07) is 8.15. The Balaban J connectivity index is 0.000000228. The van der Waals surface area contributed by atoms with E-state index < -0.39 is 0 Å². The first-order chi connectivity index (χ1) is 15.1. The fraction of sp³-hybridized carbons (Fsp3) is 0.565. The molecule has 1 unspecified atom stereocenters. The number of carboxylic acid groups (broad SMARTS) is 1. The molecule has 8 nitrogen and oxygen atoms in total. The number of aromatic nitrogens is 1. The molecular formula is C23H38N4O4. The molecule has 1 aromatic heterocycles. The van der Waals surface area contributed by atoms with Gasteiger partial charge in [0.05, 0.1) is 12.3 Å². The number of β-amino-alcohol motifs (C(OH)–C–C–N with tert-alkyl or cyclic N) is 1. The van der Waals surface area contributed by atoms with Crippen molar-refractivity contribution in [1.82, 2.24) is 20.9 Å². The lowest BCUT2D eigenvalue weighted by molar-refractivity contribution is -0.122. The number of rotatable bonds is 4. The van der Waals surface area contributed by atoms with Gasteiger partial charge in [0.1, 0.15) is 0 Å². The highest BCUT2D eigenvalue weighted by atomic mass is 16.3. The number of oxazole rings is 1. The zero-order valence-electron chi connectivity index (χ0n) is 18.7. The minimum atomic E-state index is -0.250. The second-order valence-corrected chi connectivity index (χ2v) is 7.57. The number of aryl methyl sites for hydroxylation is 1. The number of aliphatic hydroxyl groups is 1. The summed E-state index contributed by atoms with van der Waals surface area (Å²) in [6.45, 7) is 7.23. The van der Waals surface area contributed by atoms with Gasteiger partial charge in [-0.1, -0.05) is 29.8 Å². The summed E-state index contributed by atoms with van der Waals surface area (Å²) in [5.41, 5.74) is 2.32. The lowest BCUT2D eigenvalue weighted by Crippen LogP contribution is -2.29. The molecule has 0 saturated carbocycles. The van der Waals surface area contributed by atoms with E-state index in [1.165, 1.54) is 50.9 Å². The van der Waals surface area contributed by atoms with E-state index in [1.54, 1.807) is 6.20 Å². The monoisotopic (exact) mass is 434 g/mol. The lowest BCUT2D eigenvalue weighted by atomic mass is 9.95. The maximum absolute atomic E-state index is 8.67. The molecule has 2 aliphatic heterocycles. The fourth-order valence-electron chi connectivity index (χ4n) is 3.23. The first-order valence-corrected chi connectivity index (χ1v) is 10.9. The van der Waals surface area contributed by atoms with Crippen molar-refractivity contribution in [1.29, 1.82) is 0 Å². The van der Waals surface area contributed by atoms with E-state index in [-0.39, 0.29) is 12.6 Å². The molecule has 0 aliphatic carbocycles. The van der Waals surface area contributed by atoms with Crippen molar-refractivity contribution in [3.05, 3.63) is 42.4 Å². The highest BCUT2D eigenvalue weighted by Gasteiger charge is 2.11. The third-order valence-electron chi connectivity index (χ3n) is 5.06. The molecule has 174 valence electrons. The van der Waals surface area contributed by atoms with E-state index in [0.29, 0.717) is 0 Å². The molecule has 3 heterocycles. The molecule has 31 heavy (non-hydrogen) atoms. The smallest absolute Gasteiger partial charge is 0.290 e. The van der Waals surface area contributed by atoms with Crippen molar-refractivity contribution in [3.8, 4) is 11.3 Å². The molecule has 8 heteroatoms. The average molecular weight is 435 g/mol. The Morgan fingerprint density at radius 2 is 1.81 bits per heavy atom. The highest BCUT2D eigenvalue weighted by Crippen LogP contribution is 2.18. The second kappa shape index (κ2) is 17.4. The van der Waals surface area contributed by atoms with Crippen LogP contribution < -0.4 is 16.0 Å². The summed E-state index contributed by atoms with van der Waals surface area (Å²) in [7, 11) is 2.03. The number of benzene rings is 1. The van der Waals surface area contributed by atoms with Gasteiger partial charge >= 0.3 is 0 Å². The van der Waals surface area contributed by atoms with E-state index >= 15 is 0 Å². The van der Waals surface area contributed by atoms with Crippen LogP contribution in [0.4, 0.5) is 0 Å². The Bertz CT molecular complexity index is 653. The number of carbonyl (C=O) groups is 1. The van der Waals surface area contributed by atoms with E-state index in [1.807, 2.05) is 19.2 Å². The van der Waals surface area contributed by atoms with Crippen LogP contribution in [0.15, 0.2) is 41.3 Å². The maximum atomic E-state index is 8.67. The van der Waals surface area contributed by atoms with Crippen molar-refractivity contribution in [2.75, 3.05) is 39.8 Å². The van der Waals surface area contributed by atoms with Gasteiger partial charge in [0.25, 0.3) is 6.47 Å². The Kier molecular flexibility index (Phi) is 15.0. The SMILES string of the molecule is CNCCC1CCNCC1.Cc1ccc(-c2cnco2)cc1.O=CO.OC1CCNC1. The highest BCUT2D eigenvalue weighted by molar-refractivity contribution is 5.56. The second-order valence-electron chi connectivity index (χ2n) is 7.57. The van der Waals surface area contributed by atoms with Gasteiger partial charge in [0.15, 0.2) is 12.2 Å². The van der Waals surface area contributed by atoms with Crippen LogP contribution in [0.1, 0.15) is 31.2 Å². The number of nitrogens with zero attached hydrogens (tertiary/aromatic N) is 1. The quantitative estimate of drug-likeness (QED) is 0.465. The average Bonchev–Trinajstić information content (AvgIpc) is 3.49. The van der Waals surface area contributed by atoms with E-state index in [0.717, 1.165) is 36.8 Å². The van der Waals surface area contributed by atoms with Crippen LogP contribution in [0.5, 0.6) is 0 Å². The number of hydrogen-bond donors (Lipinski definition) is 5.